The van der Waals surface area contributed by atoms with Gasteiger partial charge in [-0.05, 0) is 19.8 Å². The number of amides is 1. The molecular weight excluding hydrogens is 252 g/mol. The highest BCUT2D eigenvalue weighted by atomic mass is 32.1. The Bertz CT molecular complexity index is 417. The van der Waals surface area contributed by atoms with E-state index >= 15 is 0 Å². The first-order valence-electron chi connectivity index (χ1n) is 5.86. The van der Waals surface area contributed by atoms with E-state index in [1.807, 2.05) is 12.3 Å². The molecule has 6 heteroatoms. The Balaban J connectivity index is 2.22. The predicted octanol–water partition coefficient (Wildman–Crippen LogP) is 1.71. The van der Waals surface area contributed by atoms with Crippen LogP contribution in [-0.2, 0) is 16.0 Å². The van der Waals surface area contributed by atoms with Gasteiger partial charge in [-0.25, -0.2) is 4.98 Å². The molecule has 18 heavy (non-hydrogen) atoms. The Hall–Kier alpha value is -1.43. The number of rotatable bonds is 7. The molecule has 0 aliphatic rings. The molecule has 0 aromatic carbocycles. The van der Waals surface area contributed by atoms with Gasteiger partial charge in [0.25, 0.3) is 0 Å². The van der Waals surface area contributed by atoms with Gasteiger partial charge in [-0.1, -0.05) is 0 Å². The van der Waals surface area contributed by atoms with E-state index in [4.69, 9.17) is 5.11 Å². The number of aromatic nitrogens is 1. The van der Waals surface area contributed by atoms with Crippen molar-refractivity contribution in [1.82, 2.24) is 9.88 Å². The molecule has 100 valence electrons. The molecule has 1 amide bonds. The highest BCUT2D eigenvalue weighted by Crippen LogP contribution is 2.11. The molecule has 5 nitrogen and oxygen atoms in total. The van der Waals surface area contributed by atoms with Gasteiger partial charge in [0.15, 0.2) is 0 Å². The Morgan fingerprint density at radius 2 is 2.17 bits per heavy atom. The monoisotopic (exact) mass is 270 g/mol. The summed E-state index contributed by atoms with van der Waals surface area (Å²) in [5.74, 6) is -0.893. The molecule has 1 aromatic rings. The lowest BCUT2D eigenvalue weighted by molar-refractivity contribution is -0.138. The van der Waals surface area contributed by atoms with Crippen molar-refractivity contribution >= 4 is 23.2 Å². The van der Waals surface area contributed by atoms with Gasteiger partial charge in [0.05, 0.1) is 17.1 Å². The van der Waals surface area contributed by atoms with Crippen LogP contribution in [0.2, 0.25) is 0 Å². The maximum absolute atomic E-state index is 11.7. The maximum Gasteiger partial charge on any atom is 0.305 e. The molecule has 0 bridgehead atoms. The number of carboxylic acid groups (broad SMARTS) is 1. The standard InChI is InChI=1S/C12H18N2O3S/c1-9-13-10(8-18-9)4-3-5-11(15)14(2)7-6-12(16)17/h8H,3-7H2,1-2H3,(H,16,17). The molecule has 1 aromatic heterocycles. The van der Waals surface area contributed by atoms with Gasteiger partial charge >= 0.3 is 5.97 Å². The summed E-state index contributed by atoms with van der Waals surface area (Å²) in [5.41, 5.74) is 1.03. The zero-order valence-corrected chi connectivity index (χ0v) is 11.5. The number of hydrogen-bond acceptors (Lipinski definition) is 4. The Labute approximate surface area is 110 Å². The zero-order valence-electron chi connectivity index (χ0n) is 10.7. The van der Waals surface area contributed by atoms with Crippen LogP contribution in [0.1, 0.15) is 30.0 Å². The number of carboxylic acids is 1. The van der Waals surface area contributed by atoms with Gasteiger partial charge in [0.1, 0.15) is 0 Å². The molecule has 1 heterocycles. The molecule has 0 atom stereocenters. The van der Waals surface area contributed by atoms with E-state index in [9.17, 15) is 9.59 Å². The van der Waals surface area contributed by atoms with Gasteiger partial charge in [-0.2, -0.15) is 0 Å². The van der Waals surface area contributed by atoms with Crippen molar-refractivity contribution in [3.63, 3.8) is 0 Å². The first kappa shape index (κ1) is 14.6. The molecule has 0 aliphatic carbocycles. The van der Waals surface area contributed by atoms with Crippen molar-refractivity contribution in [2.75, 3.05) is 13.6 Å². The fraction of sp³-hybridized carbons (Fsp3) is 0.583. The molecule has 0 aliphatic heterocycles. The highest BCUT2D eigenvalue weighted by molar-refractivity contribution is 7.09. The first-order valence-corrected chi connectivity index (χ1v) is 6.73. The first-order chi connectivity index (χ1) is 8.49. The molecule has 0 spiro atoms. The SMILES string of the molecule is Cc1nc(CCCC(=O)N(C)CCC(=O)O)cs1. The second-order valence-corrected chi connectivity index (χ2v) is 5.23. The van der Waals surface area contributed by atoms with Gasteiger partial charge in [0, 0.05) is 25.4 Å². The summed E-state index contributed by atoms with van der Waals surface area (Å²) in [6.07, 6.45) is 1.97. The van der Waals surface area contributed by atoms with Gasteiger partial charge in [0.2, 0.25) is 5.91 Å². The van der Waals surface area contributed by atoms with Gasteiger partial charge < -0.3 is 10.0 Å². The van der Waals surface area contributed by atoms with Crippen molar-refractivity contribution < 1.29 is 14.7 Å². The van der Waals surface area contributed by atoms with Crippen LogP contribution in [-0.4, -0.2) is 40.5 Å². The van der Waals surface area contributed by atoms with Crippen LogP contribution in [0.3, 0.4) is 0 Å². The third-order valence-corrected chi connectivity index (χ3v) is 3.40. The molecular formula is C12H18N2O3S. The topological polar surface area (TPSA) is 70.5 Å². The van der Waals surface area contributed by atoms with Gasteiger partial charge in [-0.3, -0.25) is 9.59 Å². The normalized spacial score (nSPS) is 10.3. The average Bonchev–Trinajstić information content (AvgIpc) is 2.71. The molecule has 0 radical (unpaired) electrons. The fourth-order valence-electron chi connectivity index (χ4n) is 1.52. The lowest BCUT2D eigenvalue weighted by Crippen LogP contribution is -2.28. The van der Waals surface area contributed by atoms with Crippen LogP contribution >= 0.6 is 11.3 Å². The van der Waals surface area contributed by atoms with Crippen LogP contribution in [0.5, 0.6) is 0 Å². The second-order valence-electron chi connectivity index (χ2n) is 4.17. The smallest absolute Gasteiger partial charge is 0.305 e. The Morgan fingerprint density at radius 1 is 1.44 bits per heavy atom. The van der Waals surface area contributed by atoms with Crippen LogP contribution in [0.4, 0.5) is 0 Å². The maximum atomic E-state index is 11.7. The number of aryl methyl sites for hydroxylation is 2. The number of aliphatic carboxylic acids is 1. The summed E-state index contributed by atoms with van der Waals surface area (Å²) in [6.45, 7) is 2.23. The zero-order chi connectivity index (χ0) is 13.5. The molecule has 0 unspecified atom stereocenters. The van der Waals surface area contributed by atoms with E-state index in [1.165, 1.54) is 4.90 Å². The largest absolute Gasteiger partial charge is 0.481 e. The van der Waals surface area contributed by atoms with E-state index in [2.05, 4.69) is 4.98 Å². The van der Waals surface area contributed by atoms with Crippen LogP contribution in [0, 0.1) is 6.92 Å². The molecule has 0 saturated heterocycles. The summed E-state index contributed by atoms with van der Waals surface area (Å²) in [4.78, 5) is 27.8. The fourth-order valence-corrected chi connectivity index (χ4v) is 2.17. The van der Waals surface area contributed by atoms with Crippen molar-refractivity contribution in [3.05, 3.63) is 16.1 Å². The molecule has 1 rings (SSSR count). The van der Waals surface area contributed by atoms with Crippen molar-refractivity contribution in [3.8, 4) is 0 Å². The summed E-state index contributed by atoms with van der Waals surface area (Å²) in [6, 6.07) is 0. The Kier molecular flexibility index (Phi) is 5.77. The number of carbonyl (C=O) groups excluding carboxylic acids is 1. The van der Waals surface area contributed by atoms with E-state index in [1.54, 1.807) is 18.4 Å². The van der Waals surface area contributed by atoms with Crippen LogP contribution in [0.25, 0.3) is 0 Å². The number of hydrogen-bond donors (Lipinski definition) is 1. The summed E-state index contributed by atoms with van der Waals surface area (Å²) >= 11 is 1.61. The lowest BCUT2D eigenvalue weighted by Gasteiger charge is -2.15. The van der Waals surface area contributed by atoms with Crippen molar-refractivity contribution in [1.29, 1.82) is 0 Å². The second kappa shape index (κ2) is 7.10. The van der Waals surface area contributed by atoms with Gasteiger partial charge in [-0.15, -0.1) is 11.3 Å². The minimum Gasteiger partial charge on any atom is -0.481 e. The van der Waals surface area contributed by atoms with Crippen LogP contribution < -0.4 is 0 Å². The van der Waals surface area contributed by atoms with E-state index in [0.29, 0.717) is 6.42 Å². The van der Waals surface area contributed by atoms with E-state index < -0.39 is 5.97 Å². The number of nitrogens with zero attached hydrogens (tertiary/aromatic N) is 2. The highest BCUT2D eigenvalue weighted by Gasteiger charge is 2.10. The number of thiazole rings is 1. The number of carbonyl (C=O) groups is 2. The quantitative estimate of drug-likeness (QED) is 0.818. The van der Waals surface area contributed by atoms with Crippen molar-refractivity contribution in [2.24, 2.45) is 0 Å². The molecule has 0 fully saturated rings. The molecule has 1 N–H and O–H groups in total. The Morgan fingerprint density at radius 3 is 2.72 bits per heavy atom. The minimum absolute atomic E-state index is 0.00643. The molecule has 0 saturated carbocycles. The lowest BCUT2D eigenvalue weighted by atomic mass is 10.2. The third kappa shape index (κ3) is 5.27. The van der Waals surface area contributed by atoms with E-state index in [0.717, 1.165) is 23.5 Å². The minimum atomic E-state index is -0.882. The third-order valence-electron chi connectivity index (χ3n) is 2.58. The predicted molar refractivity (Wildman–Crippen MR) is 69.7 cm³/mol. The van der Waals surface area contributed by atoms with Crippen molar-refractivity contribution in [2.45, 2.75) is 32.6 Å². The summed E-state index contributed by atoms with van der Waals surface area (Å²) in [7, 11) is 1.64. The summed E-state index contributed by atoms with van der Waals surface area (Å²) < 4.78 is 0. The average molecular weight is 270 g/mol. The van der Waals surface area contributed by atoms with E-state index in [-0.39, 0.29) is 18.9 Å². The summed E-state index contributed by atoms with van der Waals surface area (Å²) in [5, 5.41) is 11.6. The van der Waals surface area contributed by atoms with Crippen LogP contribution in [0.15, 0.2) is 5.38 Å².